The Balaban J connectivity index is 2.37. The first-order valence-corrected chi connectivity index (χ1v) is 7.88. The van der Waals surface area contributed by atoms with Crippen LogP contribution in [-0.4, -0.2) is 14.3 Å². The number of thiophene rings is 1. The quantitative estimate of drug-likeness (QED) is 0.911. The van der Waals surface area contributed by atoms with Gasteiger partial charge < -0.3 is 5.32 Å². The van der Waals surface area contributed by atoms with Gasteiger partial charge in [0.15, 0.2) is 0 Å². The maximum atomic E-state index is 13.3. The first-order chi connectivity index (χ1) is 9.38. The molecule has 0 aliphatic rings. The van der Waals surface area contributed by atoms with Crippen LogP contribution in [0.3, 0.4) is 0 Å². The van der Waals surface area contributed by atoms with E-state index >= 15 is 0 Å². The maximum absolute atomic E-state index is 13.3. The predicted molar refractivity (Wildman–Crippen MR) is 75.8 cm³/mol. The highest BCUT2D eigenvalue weighted by atomic mass is 32.2. The van der Waals surface area contributed by atoms with Crippen LogP contribution in [0.2, 0.25) is 0 Å². The summed E-state index contributed by atoms with van der Waals surface area (Å²) in [6.07, 6.45) is 0. The van der Waals surface area contributed by atoms with Crippen molar-refractivity contribution in [3.05, 3.63) is 41.5 Å². The monoisotopic (exact) mass is 314 g/mol. The Labute approximate surface area is 119 Å². The Morgan fingerprint density at radius 3 is 2.60 bits per heavy atom. The van der Waals surface area contributed by atoms with Gasteiger partial charge in [0.1, 0.15) is 10.0 Å². The van der Waals surface area contributed by atoms with Gasteiger partial charge in [-0.3, -0.25) is 9.52 Å². The van der Waals surface area contributed by atoms with Crippen molar-refractivity contribution in [1.29, 1.82) is 0 Å². The van der Waals surface area contributed by atoms with Crippen LogP contribution in [0.1, 0.15) is 6.92 Å². The number of halogens is 1. The average Bonchev–Trinajstić information content (AvgIpc) is 2.86. The Morgan fingerprint density at radius 1 is 1.25 bits per heavy atom. The molecule has 0 unspecified atom stereocenters. The molecule has 1 aromatic heterocycles. The Hall–Kier alpha value is -1.93. The van der Waals surface area contributed by atoms with Gasteiger partial charge in [-0.2, -0.15) is 0 Å². The molecule has 1 heterocycles. The summed E-state index contributed by atoms with van der Waals surface area (Å²) in [6.45, 7) is 1.28. The number of rotatable bonds is 4. The molecule has 8 heteroatoms. The summed E-state index contributed by atoms with van der Waals surface area (Å²) in [5.41, 5.74) is 0.174. The zero-order valence-corrected chi connectivity index (χ0v) is 12.0. The fraction of sp³-hybridized carbons (Fsp3) is 0.0833. The van der Waals surface area contributed by atoms with E-state index < -0.39 is 15.8 Å². The summed E-state index contributed by atoms with van der Waals surface area (Å²) in [7, 11) is -3.79. The number of anilines is 2. The van der Waals surface area contributed by atoms with E-state index in [1.165, 1.54) is 19.1 Å². The molecule has 1 aromatic carbocycles. The Kier molecular flexibility index (Phi) is 4.05. The van der Waals surface area contributed by atoms with Gasteiger partial charge >= 0.3 is 0 Å². The summed E-state index contributed by atoms with van der Waals surface area (Å²) in [5, 5.41) is 4.06. The molecule has 2 N–H and O–H groups in total. The molecule has 0 fully saturated rings. The number of carbonyl (C=O) groups excluding carboxylic acids is 1. The lowest BCUT2D eigenvalue weighted by molar-refractivity contribution is -0.114. The van der Waals surface area contributed by atoms with E-state index in [4.69, 9.17) is 0 Å². The standard InChI is InChI=1S/C12H11FN2O3S2/c1-8(16)14-10-5-4-9(13)7-11(10)15-20(17,18)12-3-2-6-19-12/h2-7,15H,1H3,(H,14,16). The molecule has 1 amide bonds. The van der Waals surface area contributed by atoms with Gasteiger partial charge in [0.05, 0.1) is 11.4 Å². The van der Waals surface area contributed by atoms with E-state index in [1.807, 2.05) is 0 Å². The molecule has 0 aliphatic heterocycles. The first-order valence-electron chi connectivity index (χ1n) is 5.52. The van der Waals surface area contributed by atoms with Gasteiger partial charge in [0.25, 0.3) is 10.0 Å². The van der Waals surface area contributed by atoms with Crippen LogP contribution in [-0.2, 0) is 14.8 Å². The SMILES string of the molecule is CC(=O)Nc1ccc(F)cc1NS(=O)(=O)c1cccs1. The second-order valence-corrected chi connectivity index (χ2v) is 6.77. The van der Waals surface area contributed by atoms with Crippen molar-refractivity contribution in [3.8, 4) is 0 Å². The van der Waals surface area contributed by atoms with Crippen molar-refractivity contribution in [2.45, 2.75) is 11.1 Å². The van der Waals surface area contributed by atoms with Gasteiger partial charge in [-0.1, -0.05) is 6.07 Å². The topological polar surface area (TPSA) is 75.3 Å². The minimum absolute atomic E-state index is 0.0198. The van der Waals surface area contributed by atoms with Crippen molar-refractivity contribution in [1.82, 2.24) is 0 Å². The molecular formula is C12H11FN2O3S2. The van der Waals surface area contributed by atoms with Crippen LogP contribution >= 0.6 is 11.3 Å². The second kappa shape index (κ2) is 5.59. The highest BCUT2D eigenvalue weighted by Gasteiger charge is 2.17. The Morgan fingerprint density at radius 2 is 2.00 bits per heavy atom. The summed E-state index contributed by atoms with van der Waals surface area (Å²) < 4.78 is 39.8. The number of carbonyl (C=O) groups is 1. The molecule has 106 valence electrons. The third-order valence-corrected chi connectivity index (χ3v) is 5.06. The zero-order valence-electron chi connectivity index (χ0n) is 10.4. The Bertz CT molecular complexity index is 727. The number of hydrogen-bond acceptors (Lipinski definition) is 4. The predicted octanol–water partition coefficient (Wildman–Crippen LogP) is 2.65. The molecule has 2 aromatic rings. The van der Waals surface area contributed by atoms with Crippen LogP contribution in [0.5, 0.6) is 0 Å². The lowest BCUT2D eigenvalue weighted by Gasteiger charge is -2.12. The number of amides is 1. The van der Waals surface area contributed by atoms with Crippen LogP contribution in [0.15, 0.2) is 39.9 Å². The van der Waals surface area contributed by atoms with Gasteiger partial charge in [-0.05, 0) is 23.6 Å². The minimum Gasteiger partial charge on any atom is -0.325 e. The van der Waals surface area contributed by atoms with Crippen molar-refractivity contribution in [3.63, 3.8) is 0 Å². The van der Waals surface area contributed by atoms with E-state index in [-0.39, 0.29) is 21.5 Å². The number of sulfonamides is 1. The highest BCUT2D eigenvalue weighted by molar-refractivity contribution is 7.94. The lowest BCUT2D eigenvalue weighted by Crippen LogP contribution is -2.15. The van der Waals surface area contributed by atoms with E-state index in [9.17, 15) is 17.6 Å². The average molecular weight is 314 g/mol. The van der Waals surface area contributed by atoms with E-state index in [0.29, 0.717) is 0 Å². The highest BCUT2D eigenvalue weighted by Crippen LogP contribution is 2.27. The van der Waals surface area contributed by atoms with Gasteiger partial charge in [-0.25, -0.2) is 12.8 Å². The van der Waals surface area contributed by atoms with Crippen LogP contribution in [0, 0.1) is 5.82 Å². The van der Waals surface area contributed by atoms with Crippen molar-refractivity contribution in [2.24, 2.45) is 0 Å². The molecule has 0 atom stereocenters. The van der Waals surface area contributed by atoms with Gasteiger partial charge in [-0.15, -0.1) is 11.3 Å². The summed E-state index contributed by atoms with van der Waals surface area (Å²) in [5.74, 6) is -0.990. The molecule has 20 heavy (non-hydrogen) atoms. The fourth-order valence-electron chi connectivity index (χ4n) is 1.51. The van der Waals surface area contributed by atoms with Crippen LogP contribution in [0.25, 0.3) is 0 Å². The van der Waals surface area contributed by atoms with Crippen LogP contribution in [0.4, 0.5) is 15.8 Å². The molecule has 0 saturated heterocycles. The third-order valence-electron chi connectivity index (χ3n) is 2.30. The molecule has 0 bridgehead atoms. The fourth-order valence-corrected chi connectivity index (χ4v) is 3.57. The normalized spacial score (nSPS) is 11.1. The molecular weight excluding hydrogens is 303 g/mol. The molecule has 0 saturated carbocycles. The lowest BCUT2D eigenvalue weighted by atomic mass is 10.2. The van der Waals surface area contributed by atoms with Crippen molar-refractivity contribution < 1.29 is 17.6 Å². The zero-order chi connectivity index (χ0) is 14.8. The molecule has 0 aliphatic carbocycles. The molecule has 2 rings (SSSR count). The summed E-state index contributed by atoms with van der Waals surface area (Å²) >= 11 is 1.04. The maximum Gasteiger partial charge on any atom is 0.271 e. The first kappa shape index (κ1) is 14.5. The molecule has 0 spiro atoms. The smallest absolute Gasteiger partial charge is 0.271 e. The number of benzene rings is 1. The minimum atomic E-state index is -3.79. The largest absolute Gasteiger partial charge is 0.325 e. The third kappa shape index (κ3) is 3.34. The number of hydrogen-bond donors (Lipinski definition) is 2. The van der Waals surface area contributed by atoms with E-state index in [2.05, 4.69) is 10.0 Å². The summed E-state index contributed by atoms with van der Waals surface area (Å²) in [6, 6.07) is 6.47. The van der Waals surface area contributed by atoms with E-state index in [1.54, 1.807) is 11.4 Å². The number of nitrogens with one attached hydrogen (secondary N) is 2. The van der Waals surface area contributed by atoms with Crippen LogP contribution < -0.4 is 10.0 Å². The molecule has 0 radical (unpaired) electrons. The summed E-state index contributed by atoms with van der Waals surface area (Å²) in [4.78, 5) is 11.1. The van der Waals surface area contributed by atoms with Gasteiger partial charge in [0, 0.05) is 13.0 Å². The van der Waals surface area contributed by atoms with Gasteiger partial charge in [0.2, 0.25) is 5.91 Å². The van der Waals surface area contributed by atoms with Crippen molar-refractivity contribution in [2.75, 3.05) is 10.0 Å². The van der Waals surface area contributed by atoms with E-state index in [0.717, 1.165) is 23.5 Å². The second-order valence-electron chi connectivity index (χ2n) is 3.91. The molecule has 5 nitrogen and oxygen atoms in total. The van der Waals surface area contributed by atoms with Crippen molar-refractivity contribution >= 4 is 38.6 Å².